The highest BCUT2D eigenvalue weighted by Crippen LogP contribution is 2.21. The number of likely N-dealkylation sites (tertiary alicyclic amines) is 1. The van der Waals surface area contributed by atoms with Crippen molar-refractivity contribution in [1.29, 1.82) is 0 Å². The summed E-state index contributed by atoms with van der Waals surface area (Å²) in [4.78, 5) is 14.4. The average molecular weight is 240 g/mol. The molecule has 98 valence electrons. The van der Waals surface area contributed by atoms with Crippen molar-refractivity contribution in [3.63, 3.8) is 0 Å². The summed E-state index contributed by atoms with van der Waals surface area (Å²) in [5.74, 6) is 0.397. The molecule has 4 heteroatoms. The Hall–Kier alpha value is -0.610. The largest absolute Gasteiger partial charge is 0.394 e. The molecule has 0 spiro atoms. The first kappa shape index (κ1) is 12.8. The molecule has 2 saturated heterocycles. The van der Waals surface area contributed by atoms with Gasteiger partial charge in [0.25, 0.3) is 0 Å². The van der Waals surface area contributed by atoms with Crippen LogP contribution < -0.4 is 5.32 Å². The number of rotatable bonds is 2. The number of carbonyl (C=O) groups excluding carboxylic acids is 1. The summed E-state index contributed by atoms with van der Waals surface area (Å²) in [6.07, 6.45) is 6.46. The van der Waals surface area contributed by atoms with Gasteiger partial charge in [0.1, 0.15) is 0 Å². The van der Waals surface area contributed by atoms with E-state index in [1.165, 1.54) is 6.42 Å². The standard InChI is InChI=1S/C13H24N2O2/c16-10-12-6-2-1-3-8-15(12)13(17)11-5-4-7-14-9-11/h11-12,14,16H,1-10H2/t11-,12?/m0/s1. The molecule has 0 bridgehead atoms. The summed E-state index contributed by atoms with van der Waals surface area (Å²) in [6.45, 7) is 2.80. The highest BCUT2D eigenvalue weighted by Gasteiger charge is 2.30. The van der Waals surface area contributed by atoms with Gasteiger partial charge >= 0.3 is 0 Å². The number of hydrogen-bond acceptors (Lipinski definition) is 3. The van der Waals surface area contributed by atoms with Gasteiger partial charge in [-0.1, -0.05) is 12.8 Å². The van der Waals surface area contributed by atoms with Gasteiger partial charge in [0.05, 0.1) is 18.6 Å². The molecule has 2 aliphatic rings. The van der Waals surface area contributed by atoms with E-state index in [2.05, 4.69) is 5.32 Å². The van der Waals surface area contributed by atoms with Crippen LogP contribution in [0.5, 0.6) is 0 Å². The van der Waals surface area contributed by atoms with E-state index >= 15 is 0 Å². The molecule has 2 heterocycles. The van der Waals surface area contributed by atoms with Crippen molar-refractivity contribution in [3.05, 3.63) is 0 Å². The number of aliphatic hydroxyl groups excluding tert-OH is 1. The third-order valence-electron chi connectivity index (χ3n) is 4.02. The van der Waals surface area contributed by atoms with Gasteiger partial charge in [0.15, 0.2) is 0 Å². The number of nitrogens with one attached hydrogen (secondary N) is 1. The molecule has 4 nitrogen and oxygen atoms in total. The summed E-state index contributed by atoms with van der Waals surface area (Å²) in [6, 6.07) is 0.0620. The Balaban J connectivity index is 1.98. The molecule has 0 aliphatic carbocycles. The van der Waals surface area contributed by atoms with Crippen molar-refractivity contribution in [1.82, 2.24) is 10.2 Å². The quantitative estimate of drug-likeness (QED) is 0.749. The molecule has 2 N–H and O–H groups in total. The number of aliphatic hydroxyl groups is 1. The number of amides is 1. The van der Waals surface area contributed by atoms with E-state index in [0.717, 1.165) is 51.7 Å². The first-order chi connectivity index (χ1) is 8.33. The molecule has 2 rings (SSSR count). The normalized spacial score (nSPS) is 31.0. The number of hydrogen-bond donors (Lipinski definition) is 2. The highest BCUT2D eigenvalue weighted by molar-refractivity contribution is 5.79. The third-order valence-corrected chi connectivity index (χ3v) is 4.02. The number of nitrogens with zero attached hydrogens (tertiary/aromatic N) is 1. The fourth-order valence-corrected chi connectivity index (χ4v) is 2.95. The average Bonchev–Trinajstić information content (AvgIpc) is 2.64. The van der Waals surface area contributed by atoms with Gasteiger partial charge in [-0.15, -0.1) is 0 Å². The van der Waals surface area contributed by atoms with Crippen LogP contribution >= 0.6 is 0 Å². The Morgan fingerprint density at radius 3 is 2.82 bits per heavy atom. The zero-order valence-electron chi connectivity index (χ0n) is 10.5. The molecule has 0 saturated carbocycles. The summed E-state index contributed by atoms with van der Waals surface area (Å²) in [7, 11) is 0. The fraction of sp³-hybridized carbons (Fsp3) is 0.923. The van der Waals surface area contributed by atoms with Gasteiger partial charge in [-0.2, -0.15) is 0 Å². The highest BCUT2D eigenvalue weighted by atomic mass is 16.3. The SMILES string of the molecule is O=C([C@H]1CCCNC1)N1CCCCCC1CO. The van der Waals surface area contributed by atoms with Gasteiger partial charge in [-0.3, -0.25) is 4.79 Å². The molecule has 0 aromatic heterocycles. The second-order valence-corrected chi connectivity index (χ2v) is 5.26. The summed E-state index contributed by atoms with van der Waals surface area (Å²) in [5.41, 5.74) is 0. The van der Waals surface area contributed by atoms with Crippen LogP contribution in [-0.4, -0.2) is 48.2 Å². The van der Waals surface area contributed by atoms with Crippen molar-refractivity contribution < 1.29 is 9.90 Å². The van der Waals surface area contributed by atoms with E-state index in [-0.39, 0.29) is 24.5 Å². The van der Waals surface area contributed by atoms with E-state index in [4.69, 9.17) is 0 Å². The summed E-state index contributed by atoms with van der Waals surface area (Å²) in [5, 5.41) is 12.7. The van der Waals surface area contributed by atoms with Gasteiger partial charge in [0.2, 0.25) is 5.91 Å². The van der Waals surface area contributed by atoms with Crippen molar-refractivity contribution >= 4 is 5.91 Å². The zero-order chi connectivity index (χ0) is 12.1. The Morgan fingerprint density at radius 1 is 1.24 bits per heavy atom. The Kier molecular flexibility index (Phi) is 4.80. The minimum atomic E-state index is 0.0620. The lowest BCUT2D eigenvalue weighted by atomic mass is 9.97. The predicted octanol–water partition coefficient (Wildman–Crippen LogP) is 0.749. The Labute approximate surface area is 103 Å². The van der Waals surface area contributed by atoms with Crippen molar-refractivity contribution in [2.75, 3.05) is 26.2 Å². The van der Waals surface area contributed by atoms with E-state index in [1.54, 1.807) is 0 Å². The van der Waals surface area contributed by atoms with Crippen LogP contribution in [0.25, 0.3) is 0 Å². The first-order valence-electron chi connectivity index (χ1n) is 6.95. The van der Waals surface area contributed by atoms with Crippen LogP contribution in [0.3, 0.4) is 0 Å². The summed E-state index contributed by atoms with van der Waals surface area (Å²) >= 11 is 0. The van der Waals surface area contributed by atoms with Crippen LogP contribution in [0.4, 0.5) is 0 Å². The molecule has 1 amide bonds. The Morgan fingerprint density at radius 2 is 2.12 bits per heavy atom. The van der Waals surface area contributed by atoms with Crippen LogP contribution in [0.2, 0.25) is 0 Å². The fourth-order valence-electron chi connectivity index (χ4n) is 2.95. The van der Waals surface area contributed by atoms with Crippen LogP contribution in [0.1, 0.15) is 38.5 Å². The maximum Gasteiger partial charge on any atom is 0.227 e. The molecule has 0 aromatic rings. The zero-order valence-corrected chi connectivity index (χ0v) is 10.5. The maximum absolute atomic E-state index is 12.5. The number of piperidine rings is 1. The van der Waals surface area contributed by atoms with Gasteiger partial charge in [-0.05, 0) is 32.2 Å². The molecule has 1 unspecified atom stereocenters. The molecule has 2 atom stereocenters. The smallest absolute Gasteiger partial charge is 0.227 e. The van der Waals surface area contributed by atoms with Crippen molar-refractivity contribution in [2.45, 2.75) is 44.6 Å². The van der Waals surface area contributed by atoms with E-state index in [1.807, 2.05) is 4.90 Å². The molecule has 17 heavy (non-hydrogen) atoms. The van der Waals surface area contributed by atoms with Gasteiger partial charge < -0.3 is 15.3 Å². The molecule has 0 aromatic carbocycles. The minimum absolute atomic E-state index is 0.0620. The lowest BCUT2D eigenvalue weighted by molar-refractivity contribution is -0.139. The maximum atomic E-state index is 12.5. The van der Waals surface area contributed by atoms with E-state index in [0.29, 0.717) is 0 Å². The second-order valence-electron chi connectivity index (χ2n) is 5.26. The monoisotopic (exact) mass is 240 g/mol. The Bertz CT molecular complexity index is 252. The molecular weight excluding hydrogens is 216 g/mol. The topological polar surface area (TPSA) is 52.6 Å². The first-order valence-corrected chi connectivity index (χ1v) is 6.95. The summed E-state index contributed by atoms with van der Waals surface area (Å²) < 4.78 is 0. The van der Waals surface area contributed by atoms with Crippen LogP contribution in [0.15, 0.2) is 0 Å². The van der Waals surface area contributed by atoms with Crippen LogP contribution in [-0.2, 0) is 4.79 Å². The van der Waals surface area contributed by atoms with Gasteiger partial charge in [-0.25, -0.2) is 0 Å². The van der Waals surface area contributed by atoms with Crippen LogP contribution in [0, 0.1) is 5.92 Å². The minimum Gasteiger partial charge on any atom is -0.394 e. The van der Waals surface area contributed by atoms with Gasteiger partial charge in [0, 0.05) is 13.1 Å². The predicted molar refractivity (Wildman–Crippen MR) is 66.6 cm³/mol. The molecule has 2 aliphatic heterocycles. The number of carbonyl (C=O) groups is 1. The van der Waals surface area contributed by atoms with E-state index < -0.39 is 0 Å². The molecular formula is C13H24N2O2. The van der Waals surface area contributed by atoms with E-state index in [9.17, 15) is 9.90 Å². The molecule has 2 fully saturated rings. The second kappa shape index (κ2) is 6.36. The van der Waals surface area contributed by atoms with Crippen molar-refractivity contribution in [2.24, 2.45) is 5.92 Å². The lowest BCUT2D eigenvalue weighted by Gasteiger charge is -2.33. The lowest BCUT2D eigenvalue weighted by Crippen LogP contribution is -2.48. The third kappa shape index (κ3) is 3.19. The molecule has 0 radical (unpaired) electrons. The van der Waals surface area contributed by atoms with Crippen molar-refractivity contribution in [3.8, 4) is 0 Å².